The maximum absolute atomic E-state index is 6.51. The first-order valence-corrected chi connectivity index (χ1v) is 13.1. The van der Waals surface area contributed by atoms with Gasteiger partial charge in [0.2, 0.25) is 0 Å². The van der Waals surface area contributed by atoms with Crippen LogP contribution in [0.15, 0.2) is 83.5 Å². The number of aryl methyl sites for hydroxylation is 3. The Kier molecular flexibility index (Phi) is 6.68. The third-order valence-corrected chi connectivity index (χ3v) is 7.07. The molecule has 2 heterocycles. The molecule has 190 valence electrons. The summed E-state index contributed by atoms with van der Waals surface area (Å²) in [7, 11) is 0. The smallest absolute Gasteiger partial charge is 0.197 e. The predicted octanol–water partition coefficient (Wildman–Crippen LogP) is 8.02. The van der Waals surface area contributed by atoms with Crippen molar-refractivity contribution in [3.05, 3.63) is 107 Å². The highest BCUT2D eigenvalue weighted by atomic mass is 16.4. The van der Waals surface area contributed by atoms with Crippen LogP contribution in [0.3, 0.4) is 0 Å². The van der Waals surface area contributed by atoms with E-state index in [4.69, 9.17) is 9.40 Å². The predicted molar refractivity (Wildman–Crippen MR) is 154 cm³/mol. The number of oxazole rings is 1. The fraction of sp³-hybridized carbons (Fsp3) is 0.303. The third kappa shape index (κ3) is 5.34. The average Bonchev–Trinajstić information content (AvgIpc) is 3.50. The van der Waals surface area contributed by atoms with Crippen LogP contribution in [0.1, 0.15) is 48.9 Å². The summed E-state index contributed by atoms with van der Waals surface area (Å²) in [4.78, 5) is 9.62. The second kappa shape index (κ2) is 9.93. The number of hydrogen-bond acceptors (Lipinski definition) is 4. The molecule has 0 spiro atoms. The molecule has 0 amide bonds. The normalized spacial score (nSPS) is 13.6. The van der Waals surface area contributed by atoms with Crippen molar-refractivity contribution in [1.82, 2.24) is 9.88 Å². The van der Waals surface area contributed by atoms with E-state index in [2.05, 4.69) is 124 Å². The highest BCUT2D eigenvalue weighted by Crippen LogP contribution is 2.37. The molecule has 0 bridgehead atoms. The molecule has 0 radical (unpaired) electrons. The topological polar surface area (TPSA) is 32.5 Å². The Morgan fingerprint density at radius 1 is 0.865 bits per heavy atom. The van der Waals surface area contributed by atoms with Gasteiger partial charge in [-0.3, -0.25) is 0 Å². The van der Waals surface area contributed by atoms with E-state index in [9.17, 15) is 0 Å². The third-order valence-electron chi connectivity index (χ3n) is 7.07. The van der Waals surface area contributed by atoms with Gasteiger partial charge in [0, 0.05) is 42.2 Å². The molecule has 0 N–H and O–H groups in total. The molecule has 0 aliphatic carbocycles. The van der Waals surface area contributed by atoms with Crippen molar-refractivity contribution in [1.29, 1.82) is 0 Å². The van der Waals surface area contributed by atoms with Crippen molar-refractivity contribution in [2.45, 2.75) is 53.4 Å². The van der Waals surface area contributed by atoms with E-state index in [1.54, 1.807) is 0 Å². The van der Waals surface area contributed by atoms with Gasteiger partial charge in [0.05, 0.1) is 6.67 Å². The zero-order chi connectivity index (χ0) is 26.2. The van der Waals surface area contributed by atoms with Gasteiger partial charge in [-0.2, -0.15) is 0 Å². The average molecular weight is 492 g/mol. The fourth-order valence-corrected chi connectivity index (χ4v) is 5.14. The molecule has 4 heteroatoms. The van der Waals surface area contributed by atoms with Gasteiger partial charge in [0.25, 0.3) is 0 Å². The monoisotopic (exact) mass is 491 g/mol. The summed E-state index contributed by atoms with van der Waals surface area (Å²) in [6, 6.07) is 23.7. The van der Waals surface area contributed by atoms with Crippen molar-refractivity contribution in [3.63, 3.8) is 0 Å². The van der Waals surface area contributed by atoms with E-state index < -0.39 is 0 Å². The summed E-state index contributed by atoms with van der Waals surface area (Å²) in [5.74, 6) is 1.64. The lowest BCUT2D eigenvalue weighted by molar-refractivity contribution is 0.385. The molecule has 0 saturated carbocycles. The van der Waals surface area contributed by atoms with E-state index in [0.29, 0.717) is 0 Å². The Labute approximate surface area is 221 Å². The van der Waals surface area contributed by atoms with Crippen molar-refractivity contribution >= 4 is 5.69 Å². The Bertz CT molecular complexity index is 1400. The molecule has 4 nitrogen and oxygen atoms in total. The minimum atomic E-state index is 0.131. The first kappa shape index (κ1) is 24.9. The van der Waals surface area contributed by atoms with Crippen LogP contribution in [0.5, 0.6) is 0 Å². The molecule has 37 heavy (non-hydrogen) atoms. The maximum atomic E-state index is 6.51. The maximum Gasteiger partial charge on any atom is 0.197 e. The van der Waals surface area contributed by atoms with Crippen LogP contribution in [0.4, 0.5) is 5.69 Å². The van der Waals surface area contributed by atoms with Crippen LogP contribution in [0.25, 0.3) is 22.6 Å². The minimum Gasteiger partial charge on any atom is -0.440 e. The molecule has 1 aromatic heterocycles. The van der Waals surface area contributed by atoms with Gasteiger partial charge in [0.1, 0.15) is 5.69 Å². The molecule has 4 aromatic rings. The Morgan fingerprint density at radius 2 is 1.59 bits per heavy atom. The van der Waals surface area contributed by atoms with E-state index in [1.807, 2.05) is 6.07 Å². The number of benzene rings is 3. The van der Waals surface area contributed by atoms with E-state index >= 15 is 0 Å². The summed E-state index contributed by atoms with van der Waals surface area (Å²) in [5.41, 5.74) is 9.54. The highest BCUT2D eigenvalue weighted by molar-refractivity contribution is 5.80. The molecule has 0 atom stereocenters. The molecular weight excluding hydrogens is 454 g/mol. The first-order valence-electron chi connectivity index (χ1n) is 13.1. The number of rotatable bonds is 6. The van der Waals surface area contributed by atoms with Gasteiger partial charge in [-0.1, -0.05) is 80.9 Å². The molecule has 0 unspecified atom stereocenters. The standard InChI is InChI=1S/C33H37N3O/c1-23-19-24(2)30(25(3)20-23)32-31(26-11-8-7-9-12-26)34-29(37-32)15-16-35-17-18-36(22-35)28-14-10-13-27(21-28)33(4,5)6/h7-14,17-21H,15-16,22H2,1-6H3. The van der Waals surface area contributed by atoms with Crippen LogP contribution in [0, 0.1) is 20.8 Å². The molecule has 0 fully saturated rings. The molecule has 1 aliphatic rings. The van der Waals surface area contributed by atoms with Crippen LogP contribution in [-0.4, -0.2) is 23.1 Å². The molecule has 3 aromatic carbocycles. The highest BCUT2D eigenvalue weighted by Gasteiger charge is 2.22. The first-order chi connectivity index (χ1) is 17.7. The van der Waals surface area contributed by atoms with E-state index in [0.717, 1.165) is 48.1 Å². The number of nitrogens with zero attached hydrogens (tertiary/aromatic N) is 3. The quantitative estimate of drug-likeness (QED) is 0.273. The Hall–Kier alpha value is -3.79. The summed E-state index contributed by atoms with van der Waals surface area (Å²) in [6.45, 7) is 14.9. The van der Waals surface area contributed by atoms with Crippen LogP contribution < -0.4 is 4.90 Å². The van der Waals surface area contributed by atoms with E-state index in [-0.39, 0.29) is 5.41 Å². The van der Waals surface area contributed by atoms with Crippen molar-refractivity contribution in [2.24, 2.45) is 0 Å². The van der Waals surface area contributed by atoms with Crippen molar-refractivity contribution < 1.29 is 4.42 Å². The number of hydrogen-bond donors (Lipinski definition) is 0. The van der Waals surface area contributed by atoms with Gasteiger partial charge in [0.15, 0.2) is 11.7 Å². The molecule has 1 aliphatic heterocycles. The second-order valence-corrected chi connectivity index (χ2v) is 11.2. The zero-order valence-corrected chi connectivity index (χ0v) is 22.9. The molecule has 5 rings (SSSR count). The Balaban J connectivity index is 1.36. The SMILES string of the molecule is Cc1cc(C)c(-c2oc(CCN3C=CN(c4cccc(C(C)(C)C)c4)C3)nc2-c2ccccc2)c(C)c1. The van der Waals surface area contributed by atoms with E-state index in [1.165, 1.54) is 27.9 Å². The van der Waals surface area contributed by atoms with Crippen LogP contribution in [0.2, 0.25) is 0 Å². The number of anilines is 1. The lowest BCUT2D eigenvalue weighted by atomic mass is 9.87. The largest absolute Gasteiger partial charge is 0.440 e. The van der Waals surface area contributed by atoms with Gasteiger partial charge in [-0.25, -0.2) is 4.98 Å². The minimum absolute atomic E-state index is 0.131. The number of aromatic nitrogens is 1. The van der Waals surface area contributed by atoms with Crippen molar-refractivity contribution in [2.75, 3.05) is 18.1 Å². The molecular formula is C33H37N3O. The van der Waals surface area contributed by atoms with Gasteiger partial charge >= 0.3 is 0 Å². The van der Waals surface area contributed by atoms with Gasteiger partial charge in [-0.15, -0.1) is 0 Å². The Morgan fingerprint density at radius 3 is 2.30 bits per heavy atom. The van der Waals surface area contributed by atoms with Crippen molar-refractivity contribution in [3.8, 4) is 22.6 Å². The molecule has 0 saturated heterocycles. The lowest BCUT2D eigenvalue weighted by Crippen LogP contribution is -2.27. The van der Waals surface area contributed by atoms with Gasteiger partial charge in [-0.05, 0) is 55.0 Å². The second-order valence-electron chi connectivity index (χ2n) is 11.2. The lowest BCUT2D eigenvalue weighted by Gasteiger charge is -2.24. The summed E-state index contributed by atoms with van der Waals surface area (Å²) < 4.78 is 6.51. The fourth-order valence-electron chi connectivity index (χ4n) is 5.14. The summed E-state index contributed by atoms with van der Waals surface area (Å²) in [6.07, 6.45) is 5.07. The van der Waals surface area contributed by atoms with Crippen LogP contribution in [-0.2, 0) is 11.8 Å². The zero-order valence-electron chi connectivity index (χ0n) is 22.9. The van der Waals surface area contributed by atoms with Crippen LogP contribution >= 0.6 is 0 Å². The summed E-state index contributed by atoms with van der Waals surface area (Å²) in [5, 5.41) is 0. The van der Waals surface area contributed by atoms with Gasteiger partial charge < -0.3 is 14.2 Å². The summed E-state index contributed by atoms with van der Waals surface area (Å²) >= 11 is 0.